The van der Waals surface area contributed by atoms with Crippen LogP contribution in [0.3, 0.4) is 0 Å². The molecule has 11 heteroatoms. The lowest BCUT2D eigenvalue weighted by molar-refractivity contribution is -0.391. The van der Waals surface area contributed by atoms with Gasteiger partial charge in [-0.15, -0.1) is 0 Å². The molecule has 0 saturated heterocycles. The molecule has 0 amide bonds. The van der Waals surface area contributed by atoms with Crippen molar-refractivity contribution in [3.8, 4) is 0 Å². The van der Waals surface area contributed by atoms with Crippen LogP contribution < -0.4 is 0 Å². The second-order valence-electron chi connectivity index (χ2n) is 4.24. The van der Waals surface area contributed by atoms with E-state index in [-0.39, 0.29) is 15.7 Å². The molecule has 0 unspecified atom stereocenters. The summed E-state index contributed by atoms with van der Waals surface area (Å²) >= 11 is 2.31. The van der Waals surface area contributed by atoms with Gasteiger partial charge in [-0.2, -0.15) is 0 Å². The molecule has 0 saturated carbocycles. The van der Waals surface area contributed by atoms with Crippen LogP contribution in [0.5, 0.6) is 0 Å². The molecule has 0 aliphatic carbocycles. The average Bonchev–Trinajstić information content (AvgIpc) is 2.56. The van der Waals surface area contributed by atoms with Gasteiger partial charge in [0.25, 0.3) is 0 Å². The minimum absolute atomic E-state index is 0.117. The highest BCUT2D eigenvalue weighted by molar-refractivity contribution is 7.98. The molecule has 0 aromatic carbocycles. The molecule has 0 spiro atoms. The second-order valence-corrected chi connectivity index (χ2v) is 6.31. The maximum absolute atomic E-state index is 11.5. The predicted octanol–water partition coefficient (Wildman–Crippen LogP) is 2.11. The zero-order chi connectivity index (χ0) is 16.1. The van der Waals surface area contributed by atoms with E-state index in [1.165, 1.54) is 6.33 Å². The van der Waals surface area contributed by atoms with E-state index in [1.54, 1.807) is 45.6 Å². The van der Waals surface area contributed by atoms with E-state index in [1.807, 2.05) is 0 Å². The lowest BCUT2D eigenvalue weighted by Gasteiger charge is -2.19. The average molecular weight is 349 g/mol. The van der Waals surface area contributed by atoms with Crippen LogP contribution >= 0.6 is 23.9 Å². The number of aliphatic imine (C=N–C) groups is 2. The maximum atomic E-state index is 11.5. The van der Waals surface area contributed by atoms with Crippen LogP contribution in [-0.4, -0.2) is 49.3 Å². The van der Waals surface area contributed by atoms with Crippen molar-refractivity contribution in [2.24, 2.45) is 9.98 Å². The highest BCUT2D eigenvalue weighted by Gasteiger charge is 2.26. The van der Waals surface area contributed by atoms with Crippen LogP contribution in [0.1, 0.15) is 0 Å². The van der Waals surface area contributed by atoms with Crippen molar-refractivity contribution in [1.82, 2.24) is 18.6 Å². The first-order chi connectivity index (χ1) is 11.2. The fourth-order valence-corrected chi connectivity index (χ4v) is 3.44. The summed E-state index contributed by atoms with van der Waals surface area (Å²) in [7, 11) is 0. The largest absolute Gasteiger partial charge is 0.336 e. The molecular formula is C12H11N7O2S2. The van der Waals surface area contributed by atoms with E-state index < -0.39 is 4.92 Å². The highest BCUT2D eigenvalue weighted by atomic mass is 32.2. The Morgan fingerprint density at radius 1 is 1.00 bits per heavy atom. The van der Waals surface area contributed by atoms with Crippen LogP contribution in [0.4, 0.5) is 5.69 Å². The Hall–Kier alpha value is -2.40. The van der Waals surface area contributed by atoms with Crippen molar-refractivity contribution < 1.29 is 4.92 Å². The molecule has 3 heterocycles. The minimum atomic E-state index is -0.460. The molecule has 1 aromatic heterocycles. The minimum Gasteiger partial charge on any atom is -0.297 e. The van der Waals surface area contributed by atoms with Crippen LogP contribution in [0.15, 0.2) is 50.9 Å². The molecule has 0 bridgehead atoms. The molecular weight excluding hydrogens is 338 g/mol. The van der Waals surface area contributed by atoms with E-state index in [4.69, 9.17) is 0 Å². The van der Waals surface area contributed by atoms with Gasteiger partial charge in [0.2, 0.25) is 0 Å². The lowest BCUT2D eigenvalue weighted by atomic mass is 10.5. The monoisotopic (exact) mass is 349 g/mol. The van der Waals surface area contributed by atoms with Gasteiger partial charge < -0.3 is 0 Å². The quantitative estimate of drug-likeness (QED) is 0.345. The van der Waals surface area contributed by atoms with Gasteiger partial charge in [-0.3, -0.25) is 28.7 Å². The Labute approximate surface area is 140 Å². The van der Waals surface area contributed by atoms with E-state index in [0.29, 0.717) is 13.3 Å². The molecule has 0 fully saturated rings. The number of hydrogen-bond acceptors (Lipinski definition) is 10. The first kappa shape index (κ1) is 15.5. The zero-order valence-corrected chi connectivity index (χ0v) is 13.4. The summed E-state index contributed by atoms with van der Waals surface area (Å²) in [6.07, 6.45) is 11.8. The summed E-state index contributed by atoms with van der Waals surface area (Å²) < 4.78 is 3.52. The van der Waals surface area contributed by atoms with Gasteiger partial charge in [-0.25, -0.2) is 9.97 Å². The molecule has 118 valence electrons. The predicted molar refractivity (Wildman–Crippen MR) is 89.1 cm³/mol. The van der Waals surface area contributed by atoms with Crippen LogP contribution in [-0.2, 0) is 0 Å². The summed E-state index contributed by atoms with van der Waals surface area (Å²) in [5.74, 6) is 0. The van der Waals surface area contributed by atoms with Crippen molar-refractivity contribution in [1.29, 1.82) is 0 Å². The summed E-state index contributed by atoms with van der Waals surface area (Å²) in [6, 6.07) is 0. The van der Waals surface area contributed by atoms with Crippen molar-refractivity contribution in [2.45, 2.75) is 10.1 Å². The van der Waals surface area contributed by atoms with Crippen LogP contribution in [0, 0.1) is 10.1 Å². The van der Waals surface area contributed by atoms with E-state index in [9.17, 15) is 10.1 Å². The molecule has 23 heavy (non-hydrogen) atoms. The number of allylic oxidation sites excluding steroid dienone is 2. The smallest absolute Gasteiger partial charge is 0.297 e. The molecule has 1 aromatic rings. The Kier molecular flexibility index (Phi) is 4.88. The van der Waals surface area contributed by atoms with Gasteiger partial charge in [0.15, 0.2) is 10.1 Å². The van der Waals surface area contributed by atoms with Gasteiger partial charge in [0.05, 0.1) is 4.92 Å². The maximum Gasteiger partial charge on any atom is 0.336 e. The Balaban J connectivity index is 1.84. The third-order valence-corrected chi connectivity index (χ3v) is 4.56. The second kappa shape index (κ2) is 7.24. The van der Waals surface area contributed by atoms with Crippen molar-refractivity contribution in [3.05, 3.63) is 41.0 Å². The van der Waals surface area contributed by atoms with E-state index >= 15 is 0 Å². The first-order valence-electron chi connectivity index (χ1n) is 6.46. The number of aromatic nitrogens is 2. The van der Waals surface area contributed by atoms with Gasteiger partial charge in [-0.1, -0.05) is 0 Å². The van der Waals surface area contributed by atoms with Gasteiger partial charge in [0, 0.05) is 48.7 Å². The van der Waals surface area contributed by atoms with Crippen molar-refractivity contribution in [3.63, 3.8) is 0 Å². The normalized spacial score (nSPS) is 16.2. The standard InChI is InChI=1S/C12H11N7O2S2/c20-19(21)10-11(22-17-5-1-3-13-8-17)15-7-16-12(10)23-18-6-2-4-14-9-18/h1-7H,8-9H2. The molecule has 2 aliphatic rings. The summed E-state index contributed by atoms with van der Waals surface area (Å²) in [6.45, 7) is 0.822. The lowest BCUT2D eigenvalue weighted by Crippen LogP contribution is -2.14. The summed E-state index contributed by atoms with van der Waals surface area (Å²) in [5, 5.41) is 12.0. The molecule has 3 rings (SSSR count). The Bertz CT molecular complexity index is 669. The summed E-state index contributed by atoms with van der Waals surface area (Å²) in [5.41, 5.74) is -0.117. The summed E-state index contributed by atoms with van der Waals surface area (Å²) in [4.78, 5) is 27.3. The SMILES string of the molecule is O=[N+]([O-])c1c(SN2C=CC=NC2)ncnc1SN1C=CC=NC1. The first-order valence-corrected chi connectivity index (χ1v) is 8.00. The molecule has 2 aliphatic heterocycles. The number of nitrogens with zero attached hydrogens (tertiary/aromatic N) is 7. The molecule has 9 nitrogen and oxygen atoms in total. The highest BCUT2D eigenvalue weighted by Crippen LogP contribution is 2.37. The topological polar surface area (TPSA) is 100 Å². The number of rotatable bonds is 5. The van der Waals surface area contributed by atoms with Crippen LogP contribution in [0.2, 0.25) is 0 Å². The van der Waals surface area contributed by atoms with Crippen molar-refractivity contribution >= 4 is 42.0 Å². The third-order valence-electron chi connectivity index (χ3n) is 2.67. The molecule has 0 atom stereocenters. The fraction of sp³-hybridized carbons (Fsp3) is 0.167. The van der Waals surface area contributed by atoms with E-state index in [2.05, 4.69) is 20.0 Å². The van der Waals surface area contributed by atoms with Gasteiger partial charge in [-0.05, 0) is 12.2 Å². The molecule has 0 radical (unpaired) electrons. The number of hydrogen-bond donors (Lipinski definition) is 0. The fourth-order valence-electron chi connectivity index (χ4n) is 1.72. The number of nitro groups is 1. The van der Waals surface area contributed by atoms with Crippen molar-refractivity contribution in [2.75, 3.05) is 13.3 Å². The van der Waals surface area contributed by atoms with E-state index in [0.717, 1.165) is 23.9 Å². The van der Waals surface area contributed by atoms with Crippen LogP contribution in [0.25, 0.3) is 0 Å². The zero-order valence-electron chi connectivity index (χ0n) is 11.7. The third kappa shape index (κ3) is 3.87. The Morgan fingerprint density at radius 3 is 1.91 bits per heavy atom. The molecule has 0 N–H and O–H groups in total. The van der Waals surface area contributed by atoms with Gasteiger partial charge in [0.1, 0.15) is 19.7 Å². The van der Waals surface area contributed by atoms with Gasteiger partial charge >= 0.3 is 5.69 Å². The Morgan fingerprint density at radius 2 is 1.52 bits per heavy atom.